The van der Waals surface area contributed by atoms with Crippen LogP contribution in [0, 0.1) is 0 Å². The van der Waals surface area contributed by atoms with Crippen molar-refractivity contribution >= 4 is 44.8 Å². The second kappa shape index (κ2) is 11.6. The fourth-order valence-corrected chi connectivity index (χ4v) is 4.50. The van der Waals surface area contributed by atoms with E-state index in [-0.39, 0.29) is 20.0 Å². The predicted molar refractivity (Wildman–Crippen MR) is 104 cm³/mol. The Morgan fingerprint density at radius 1 is 0.792 bits per heavy atom. The number of benzene rings is 1. The molecule has 0 fully saturated rings. The van der Waals surface area contributed by atoms with Crippen molar-refractivity contribution in [1.82, 2.24) is 4.72 Å². The smallest absolute Gasteiger partial charge is 0.211 e. The van der Waals surface area contributed by atoms with Gasteiger partial charge in [-0.25, -0.2) is 13.1 Å². The number of nitrogens with one attached hydrogen (secondary N) is 1. The second-order valence-electron chi connectivity index (χ2n) is 5.92. The standard InChI is InChI=1S/C17H26Cl3NO2S/c1-2-3-4-5-6-7-8-9-10-11-21-24(22,23)17-13-15(19)14(18)12-16(17)20/h12-13,21H,2-11H2,1H3. The first-order valence-electron chi connectivity index (χ1n) is 8.52. The fraction of sp³-hybridized carbons (Fsp3) is 0.647. The van der Waals surface area contributed by atoms with Crippen molar-refractivity contribution in [1.29, 1.82) is 0 Å². The first kappa shape index (κ1) is 22.0. The Kier molecular flexibility index (Phi) is 10.6. The molecule has 0 saturated heterocycles. The van der Waals surface area contributed by atoms with E-state index in [0.717, 1.165) is 19.3 Å². The molecule has 24 heavy (non-hydrogen) atoms. The second-order valence-corrected chi connectivity index (χ2v) is 8.88. The van der Waals surface area contributed by atoms with Crippen LogP contribution < -0.4 is 4.72 Å². The molecule has 1 aromatic rings. The van der Waals surface area contributed by atoms with Gasteiger partial charge >= 0.3 is 0 Å². The van der Waals surface area contributed by atoms with Crippen molar-refractivity contribution in [2.75, 3.05) is 6.54 Å². The Morgan fingerprint density at radius 3 is 1.88 bits per heavy atom. The molecule has 0 aromatic heterocycles. The molecule has 0 amide bonds. The Labute approximate surface area is 161 Å². The van der Waals surface area contributed by atoms with Gasteiger partial charge in [-0.1, -0.05) is 93.1 Å². The number of hydrogen-bond donors (Lipinski definition) is 1. The highest BCUT2D eigenvalue weighted by Gasteiger charge is 2.19. The fourth-order valence-electron chi connectivity index (χ4n) is 2.43. The van der Waals surface area contributed by atoms with Crippen LogP contribution in [0.4, 0.5) is 0 Å². The van der Waals surface area contributed by atoms with E-state index in [1.54, 1.807) is 0 Å². The minimum absolute atomic E-state index is 0.0329. The molecule has 3 nitrogen and oxygen atoms in total. The monoisotopic (exact) mass is 413 g/mol. The highest BCUT2D eigenvalue weighted by molar-refractivity contribution is 7.89. The van der Waals surface area contributed by atoms with E-state index in [1.165, 1.54) is 50.7 Å². The van der Waals surface area contributed by atoms with Gasteiger partial charge < -0.3 is 0 Å². The summed E-state index contributed by atoms with van der Waals surface area (Å²) in [4.78, 5) is -0.0329. The van der Waals surface area contributed by atoms with Gasteiger partial charge in [0.1, 0.15) is 4.90 Å². The molecule has 1 rings (SSSR count). The van der Waals surface area contributed by atoms with Crippen LogP contribution in [0.15, 0.2) is 17.0 Å². The molecular weight excluding hydrogens is 389 g/mol. The topological polar surface area (TPSA) is 46.2 Å². The SMILES string of the molecule is CCCCCCCCCCCNS(=O)(=O)c1cc(Cl)c(Cl)cc1Cl. The van der Waals surface area contributed by atoms with Crippen LogP contribution in [0.2, 0.25) is 15.1 Å². The molecule has 0 atom stereocenters. The summed E-state index contributed by atoms with van der Waals surface area (Å²) in [7, 11) is -3.66. The molecule has 7 heteroatoms. The quantitative estimate of drug-likeness (QED) is 0.315. The lowest BCUT2D eigenvalue weighted by atomic mass is 10.1. The predicted octanol–water partition coefficient (Wildman–Crippen LogP) is 6.46. The van der Waals surface area contributed by atoms with E-state index in [1.807, 2.05) is 0 Å². The zero-order valence-electron chi connectivity index (χ0n) is 14.1. The summed E-state index contributed by atoms with van der Waals surface area (Å²) in [5.41, 5.74) is 0. The van der Waals surface area contributed by atoms with Gasteiger partial charge in [-0.2, -0.15) is 0 Å². The third-order valence-corrected chi connectivity index (χ3v) is 6.48. The number of unbranched alkanes of at least 4 members (excludes halogenated alkanes) is 8. The van der Waals surface area contributed by atoms with Crippen molar-refractivity contribution in [3.8, 4) is 0 Å². The summed E-state index contributed by atoms with van der Waals surface area (Å²) in [6.45, 7) is 2.61. The summed E-state index contributed by atoms with van der Waals surface area (Å²) in [5, 5.41) is 0.480. The molecule has 0 spiro atoms. The molecule has 0 unspecified atom stereocenters. The number of halogens is 3. The Hall–Kier alpha value is -0.000000000000000111. The molecule has 1 N–H and O–H groups in total. The van der Waals surface area contributed by atoms with Crippen LogP contribution in [0.25, 0.3) is 0 Å². The minimum atomic E-state index is -3.66. The molecule has 0 aliphatic heterocycles. The molecule has 0 aliphatic carbocycles. The Bertz CT molecular complexity index is 606. The molecular formula is C17H26Cl3NO2S. The van der Waals surface area contributed by atoms with Crippen molar-refractivity contribution in [3.63, 3.8) is 0 Å². The van der Waals surface area contributed by atoms with Crippen LogP contribution in [-0.4, -0.2) is 15.0 Å². The maximum absolute atomic E-state index is 12.3. The highest BCUT2D eigenvalue weighted by atomic mass is 35.5. The van der Waals surface area contributed by atoms with Crippen LogP contribution in [0.3, 0.4) is 0 Å². The average molecular weight is 415 g/mol. The third-order valence-electron chi connectivity index (χ3n) is 3.84. The molecule has 0 aliphatic rings. The van der Waals surface area contributed by atoms with Gasteiger partial charge in [0.15, 0.2) is 0 Å². The van der Waals surface area contributed by atoms with Crippen molar-refractivity contribution in [2.24, 2.45) is 0 Å². The van der Waals surface area contributed by atoms with Crippen LogP contribution >= 0.6 is 34.8 Å². The summed E-state index contributed by atoms with van der Waals surface area (Å²) in [6, 6.07) is 2.63. The maximum Gasteiger partial charge on any atom is 0.242 e. The van der Waals surface area contributed by atoms with E-state index in [2.05, 4.69) is 11.6 Å². The maximum atomic E-state index is 12.3. The van der Waals surface area contributed by atoms with Crippen LogP contribution in [0.5, 0.6) is 0 Å². The first-order valence-corrected chi connectivity index (χ1v) is 11.1. The van der Waals surface area contributed by atoms with E-state index in [9.17, 15) is 8.42 Å². The lowest BCUT2D eigenvalue weighted by molar-refractivity contribution is 0.554. The zero-order valence-corrected chi connectivity index (χ0v) is 17.2. The van der Waals surface area contributed by atoms with Gasteiger partial charge in [-0.3, -0.25) is 0 Å². The van der Waals surface area contributed by atoms with E-state index < -0.39 is 10.0 Å². The van der Waals surface area contributed by atoms with E-state index in [4.69, 9.17) is 34.8 Å². The zero-order chi connectivity index (χ0) is 18.0. The lowest BCUT2D eigenvalue weighted by Crippen LogP contribution is -2.25. The molecule has 0 heterocycles. The normalized spacial score (nSPS) is 11.8. The van der Waals surface area contributed by atoms with Crippen molar-refractivity contribution in [2.45, 2.75) is 69.6 Å². The molecule has 0 radical (unpaired) electrons. The van der Waals surface area contributed by atoms with Gasteiger partial charge in [0.25, 0.3) is 0 Å². The van der Waals surface area contributed by atoms with Gasteiger partial charge in [-0.15, -0.1) is 0 Å². The van der Waals surface area contributed by atoms with Gasteiger partial charge in [0.2, 0.25) is 10.0 Å². The van der Waals surface area contributed by atoms with Gasteiger partial charge in [-0.05, 0) is 18.6 Å². The third kappa shape index (κ3) is 7.92. The largest absolute Gasteiger partial charge is 0.242 e. The molecule has 0 bridgehead atoms. The van der Waals surface area contributed by atoms with Crippen molar-refractivity contribution < 1.29 is 8.42 Å². The van der Waals surface area contributed by atoms with Crippen LogP contribution in [0.1, 0.15) is 64.7 Å². The van der Waals surface area contributed by atoms with Crippen LogP contribution in [-0.2, 0) is 10.0 Å². The molecule has 0 saturated carbocycles. The van der Waals surface area contributed by atoms with E-state index >= 15 is 0 Å². The number of sulfonamides is 1. The molecule has 1 aromatic carbocycles. The Balaban J connectivity index is 2.28. The highest BCUT2D eigenvalue weighted by Crippen LogP contribution is 2.31. The van der Waals surface area contributed by atoms with Crippen molar-refractivity contribution in [3.05, 3.63) is 27.2 Å². The minimum Gasteiger partial charge on any atom is -0.211 e. The Morgan fingerprint density at radius 2 is 1.29 bits per heavy atom. The summed E-state index contributed by atoms with van der Waals surface area (Å²) < 4.78 is 27.1. The summed E-state index contributed by atoms with van der Waals surface area (Å²) in [6.07, 6.45) is 10.7. The lowest BCUT2D eigenvalue weighted by Gasteiger charge is -2.09. The average Bonchev–Trinajstić information content (AvgIpc) is 2.52. The number of hydrogen-bond acceptors (Lipinski definition) is 2. The van der Waals surface area contributed by atoms with Gasteiger partial charge in [0.05, 0.1) is 15.1 Å². The summed E-state index contributed by atoms with van der Waals surface area (Å²) >= 11 is 17.6. The van der Waals surface area contributed by atoms with E-state index in [0.29, 0.717) is 6.54 Å². The summed E-state index contributed by atoms with van der Waals surface area (Å²) in [5.74, 6) is 0. The number of rotatable bonds is 12. The first-order chi connectivity index (χ1) is 11.4. The van der Waals surface area contributed by atoms with Gasteiger partial charge in [0, 0.05) is 6.54 Å². The molecule has 138 valence electrons.